The molecule has 0 bridgehead atoms. The maximum absolute atomic E-state index is 12.8. The first kappa shape index (κ1) is 16.2. The van der Waals surface area contributed by atoms with Crippen LogP contribution in [0.4, 0.5) is 0 Å². The maximum atomic E-state index is 12.8. The molecular formula is C20H24N4O. The molecule has 0 radical (unpaired) electrons. The molecule has 1 unspecified atom stereocenters. The summed E-state index contributed by atoms with van der Waals surface area (Å²) in [5, 5.41) is 6.45. The van der Waals surface area contributed by atoms with Gasteiger partial charge in [-0.3, -0.25) is 10.1 Å². The van der Waals surface area contributed by atoms with E-state index in [1.165, 1.54) is 30.3 Å². The van der Waals surface area contributed by atoms with Crippen molar-refractivity contribution in [1.29, 1.82) is 0 Å². The van der Waals surface area contributed by atoms with E-state index in [-0.39, 0.29) is 17.4 Å². The van der Waals surface area contributed by atoms with Crippen molar-refractivity contribution in [1.82, 2.24) is 20.6 Å². The predicted octanol–water partition coefficient (Wildman–Crippen LogP) is 2.56. The standard InChI is InChI=1S/C20H24N4O/c1-14-5-4-6-15(9-14)20(7-2-3-8-20)12-23-19(25)18-16-10-21-13-24-17(16)11-22-18/h4-6,9-10,13,18,22H,2-3,7-8,11-12H2,1H3,(H,23,25). The van der Waals surface area contributed by atoms with Crippen LogP contribution in [0.3, 0.4) is 0 Å². The van der Waals surface area contributed by atoms with E-state index in [0.717, 1.165) is 24.1 Å². The lowest BCUT2D eigenvalue weighted by Crippen LogP contribution is -2.42. The molecule has 5 heteroatoms. The van der Waals surface area contributed by atoms with E-state index in [9.17, 15) is 4.79 Å². The average molecular weight is 336 g/mol. The molecule has 2 aliphatic rings. The largest absolute Gasteiger partial charge is 0.354 e. The number of aryl methyl sites for hydroxylation is 1. The zero-order chi connectivity index (χ0) is 17.3. The monoisotopic (exact) mass is 336 g/mol. The molecule has 1 aromatic carbocycles. The maximum Gasteiger partial charge on any atom is 0.241 e. The van der Waals surface area contributed by atoms with E-state index >= 15 is 0 Å². The number of nitrogens with one attached hydrogen (secondary N) is 2. The minimum atomic E-state index is -0.341. The molecule has 1 aromatic heterocycles. The molecule has 1 fully saturated rings. The van der Waals surface area contributed by atoms with Crippen molar-refractivity contribution in [3.63, 3.8) is 0 Å². The smallest absolute Gasteiger partial charge is 0.241 e. The molecule has 1 saturated carbocycles. The summed E-state index contributed by atoms with van der Waals surface area (Å²) in [5.74, 6) is 0.0208. The van der Waals surface area contributed by atoms with E-state index < -0.39 is 0 Å². The lowest BCUT2D eigenvalue weighted by atomic mass is 9.78. The van der Waals surface area contributed by atoms with Crippen LogP contribution in [0.1, 0.15) is 54.1 Å². The van der Waals surface area contributed by atoms with Crippen LogP contribution in [0.25, 0.3) is 0 Å². The van der Waals surface area contributed by atoms with Crippen molar-refractivity contribution < 1.29 is 4.79 Å². The third-order valence-corrected chi connectivity index (χ3v) is 5.67. The molecule has 1 aliphatic heterocycles. The van der Waals surface area contributed by atoms with Gasteiger partial charge in [-0.05, 0) is 25.3 Å². The number of rotatable bonds is 4. The van der Waals surface area contributed by atoms with Crippen LogP contribution in [0.2, 0.25) is 0 Å². The molecule has 1 amide bonds. The van der Waals surface area contributed by atoms with Crippen molar-refractivity contribution in [2.45, 2.75) is 50.6 Å². The van der Waals surface area contributed by atoms with Gasteiger partial charge in [-0.1, -0.05) is 42.7 Å². The lowest BCUT2D eigenvalue weighted by Gasteiger charge is -2.31. The number of benzene rings is 1. The molecule has 130 valence electrons. The predicted molar refractivity (Wildman–Crippen MR) is 95.9 cm³/mol. The van der Waals surface area contributed by atoms with Gasteiger partial charge in [0.1, 0.15) is 12.4 Å². The Morgan fingerprint density at radius 3 is 3.00 bits per heavy atom. The molecule has 1 atom stereocenters. The summed E-state index contributed by atoms with van der Waals surface area (Å²) in [6.45, 7) is 3.44. The molecule has 2 heterocycles. The van der Waals surface area contributed by atoms with Crippen LogP contribution >= 0.6 is 0 Å². The number of fused-ring (bicyclic) bond motifs is 1. The fourth-order valence-corrected chi connectivity index (χ4v) is 4.25. The van der Waals surface area contributed by atoms with Crippen LogP contribution in [0.5, 0.6) is 0 Å². The number of carbonyl (C=O) groups is 1. The zero-order valence-electron chi connectivity index (χ0n) is 14.6. The van der Waals surface area contributed by atoms with Crippen LogP contribution in [-0.2, 0) is 16.8 Å². The number of amides is 1. The third kappa shape index (κ3) is 3.04. The highest BCUT2D eigenvalue weighted by Crippen LogP contribution is 2.41. The fraction of sp³-hybridized carbons (Fsp3) is 0.450. The second kappa shape index (κ2) is 6.56. The Hall–Kier alpha value is -2.27. The van der Waals surface area contributed by atoms with Gasteiger partial charge in [-0.2, -0.15) is 0 Å². The minimum absolute atomic E-state index is 0.0208. The first-order valence-electron chi connectivity index (χ1n) is 9.05. The summed E-state index contributed by atoms with van der Waals surface area (Å²) in [7, 11) is 0. The van der Waals surface area contributed by atoms with Crippen molar-refractivity contribution in [3.8, 4) is 0 Å². The van der Waals surface area contributed by atoms with Crippen molar-refractivity contribution in [3.05, 3.63) is 59.2 Å². The second-order valence-corrected chi connectivity index (χ2v) is 7.31. The van der Waals surface area contributed by atoms with Crippen molar-refractivity contribution in [2.75, 3.05) is 6.54 Å². The highest BCUT2D eigenvalue weighted by Gasteiger charge is 2.37. The molecule has 1 aliphatic carbocycles. The first-order valence-corrected chi connectivity index (χ1v) is 9.05. The molecule has 2 N–H and O–H groups in total. The van der Waals surface area contributed by atoms with Gasteiger partial charge in [0.05, 0.1) is 5.69 Å². The zero-order valence-corrected chi connectivity index (χ0v) is 14.6. The van der Waals surface area contributed by atoms with E-state index in [0.29, 0.717) is 13.1 Å². The van der Waals surface area contributed by atoms with E-state index in [1.54, 1.807) is 6.20 Å². The molecule has 4 rings (SSSR count). The second-order valence-electron chi connectivity index (χ2n) is 7.31. The summed E-state index contributed by atoms with van der Waals surface area (Å²) in [4.78, 5) is 21.1. The molecule has 2 aromatic rings. The topological polar surface area (TPSA) is 66.9 Å². The van der Waals surface area contributed by atoms with E-state index in [1.807, 2.05) is 0 Å². The van der Waals surface area contributed by atoms with Crippen molar-refractivity contribution in [2.24, 2.45) is 0 Å². The Balaban J connectivity index is 1.50. The Kier molecular flexibility index (Phi) is 4.25. The number of hydrogen-bond acceptors (Lipinski definition) is 4. The van der Waals surface area contributed by atoms with Gasteiger partial charge >= 0.3 is 0 Å². The van der Waals surface area contributed by atoms with E-state index in [4.69, 9.17) is 0 Å². The number of carbonyl (C=O) groups excluding carboxylic acids is 1. The van der Waals surface area contributed by atoms with Gasteiger partial charge in [0.15, 0.2) is 0 Å². The Bertz CT molecular complexity index is 783. The fourth-order valence-electron chi connectivity index (χ4n) is 4.25. The van der Waals surface area contributed by atoms with Gasteiger partial charge in [0.25, 0.3) is 0 Å². The first-order chi connectivity index (χ1) is 12.2. The van der Waals surface area contributed by atoms with Gasteiger partial charge < -0.3 is 5.32 Å². The van der Waals surface area contributed by atoms with Gasteiger partial charge in [0, 0.05) is 30.3 Å². The van der Waals surface area contributed by atoms with E-state index in [2.05, 4.69) is 51.8 Å². The van der Waals surface area contributed by atoms with Crippen molar-refractivity contribution >= 4 is 5.91 Å². The van der Waals surface area contributed by atoms with Crippen LogP contribution in [0.15, 0.2) is 36.8 Å². The minimum Gasteiger partial charge on any atom is -0.354 e. The average Bonchev–Trinajstić information content (AvgIpc) is 3.28. The molecule has 0 spiro atoms. The summed E-state index contributed by atoms with van der Waals surface area (Å²) in [6.07, 6.45) is 8.00. The number of hydrogen-bond donors (Lipinski definition) is 2. The highest BCUT2D eigenvalue weighted by molar-refractivity contribution is 5.84. The van der Waals surface area contributed by atoms with Crippen LogP contribution in [0, 0.1) is 6.92 Å². The SMILES string of the molecule is Cc1cccc(C2(CNC(=O)C3NCc4ncncc43)CCCC2)c1. The molecular weight excluding hydrogens is 312 g/mol. The Morgan fingerprint density at radius 2 is 2.20 bits per heavy atom. The quantitative estimate of drug-likeness (QED) is 0.900. The number of nitrogens with zero attached hydrogens (tertiary/aromatic N) is 2. The molecule has 0 saturated heterocycles. The summed E-state index contributed by atoms with van der Waals surface area (Å²) < 4.78 is 0. The molecule has 25 heavy (non-hydrogen) atoms. The van der Waals surface area contributed by atoms with Gasteiger partial charge in [0.2, 0.25) is 5.91 Å². The van der Waals surface area contributed by atoms with Crippen LogP contribution in [-0.4, -0.2) is 22.4 Å². The normalized spacial score (nSPS) is 21.1. The Morgan fingerprint density at radius 1 is 1.36 bits per heavy atom. The third-order valence-electron chi connectivity index (χ3n) is 5.67. The summed E-state index contributed by atoms with van der Waals surface area (Å²) >= 11 is 0. The molecule has 5 nitrogen and oxygen atoms in total. The van der Waals surface area contributed by atoms with Crippen LogP contribution < -0.4 is 10.6 Å². The highest BCUT2D eigenvalue weighted by atomic mass is 16.2. The number of aromatic nitrogens is 2. The van der Waals surface area contributed by atoms with Gasteiger partial charge in [-0.15, -0.1) is 0 Å². The lowest BCUT2D eigenvalue weighted by molar-refractivity contribution is -0.123. The van der Waals surface area contributed by atoms with Gasteiger partial charge in [-0.25, -0.2) is 9.97 Å². The summed E-state index contributed by atoms with van der Waals surface area (Å²) in [5.41, 5.74) is 4.52. The summed E-state index contributed by atoms with van der Waals surface area (Å²) in [6, 6.07) is 8.39. The Labute approximate surface area is 148 Å².